The van der Waals surface area contributed by atoms with E-state index in [9.17, 15) is 19.5 Å². The molecule has 2 fully saturated rings. The van der Waals surface area contributed by atoms with Crippen LogP contribution in [0.3, 0.4) is 0 Å². The second-order valence-corrected chi connectivity index (χ2v) is 10.2. The van der Waals surface area contributed by atoms with Crippen LogP contribution < -0.4 is 0 Å². The molecular formula is C27H29Cl2N3O5. The van der Waals surface area contributed by atoms with Gasteiger partial charge in [-0.25, -0.2) is 14.4 Å². The van der Waals surface area contributed by atoms with Gasteiger partial charge in [-0.2, -0.15) is 0 Å². The molecule has 0 aromatic heterocycles. The quantitative estimate of drug-likeness (QED) is 0.257. The summed E-state index contributed by atoms with van der Waals surface area (Å²) in [5.41, 5.74) is 2.13. The molecule has 2 aromatic rings. The predicted octanol–water partition coefficient (Wildman–Crippen LogP) is 5.75. The molecule has 1 amide bonds. The number of carbonyl (C=O) groups is 2. The number of rotatable bonds is 8. The highest BCUT2D eigenvalue weighted by Gasteiger charge is 2.36. The van der Waals surface area contributed by atoms with E-state index in [1.54, 1.807) is 17.0 Å². The summed E-state index contributed by atoms with van der Waals surface area (Å²) in [6, 6.07) is 11.3. The Labute approximate surface area is 225 Å². The molecule has 1 saturated carbocycles. The third-order valence-corrected chi connectivity index (χ3v) is 7.94. The molecule has 2 atom stereocenters. The molecule has 1 heterocycles. The van der Waals surface area contributed by atoms with Gasteiger partial charge in [-0.15, -0.1) is 0 Å². The fraction of sp³-hybridized carbons (Fsp3) is 0.444. The highest BCUT2D eigenvalue weighted by molar-refractivity contribution is 6.44. The van der Waals surface area contributed by atoms with Crippen molar-refractivity contribution >= 4 is 41.3 Å². The Bertz CT molecular complexity index is 1170. The number of carboxylic acids is 1. The summed E-state index contributed by atoms with van der Waals surface area (Å²) >= 11 is 13.2. The molecule has 37 heavy (non-hydrogen) atoms. The number of halogens is 2. The van der Waals surface area contributed by atoms with Crippen LogP contribution >= 0.6 is 23.2 Å². The standard InChI is InChI=1S/C27H29Cl2N3O5/c28-24-19(12-13-22(25(24)29)18-7-2-1-3-8-18)15-23(26(34)35)32(30-17-33)20-9-6-14-31(16-20)27(36)37-21-10-4-5-11-21/h1-3,7-8,12-13,20-21,23H,4-6,9-11,14-16H2,(H,34,35). The second kappa shape index (κ2) is 12.5. The van der Waals surface area contributed by atoms with Crippen LogP contribution in [-0.4, -0.2) is 64.4 Å². The zero-order valence-corrected chi connectivity index (χ0v) is 21.8. The highest BCUT2D eigenvalue weighted by atomic mass is 35.5. The van der Waals surface area contributed by atoms with Gasteiger partial charge in [0, 0.05) is 25.1 Å². The van der Waals surface area contributed by atoms with Gasteiger partial charge in [-0.1, -0.05) is 70.8 Å². The number of likely N-dealkylation sites (tertiary alicyclic amines) is 1. The van der Waals surface area contributed by atoms with Crippen molar-refractivity contribution in [2.45, 2.75) is 63.1 Å². The Morgan fingerprint density at radius 3 is 2.49 bits per heavy atom. The first-order valence-corrected chi connectivity index (χ1v) is 13.2. The van der Waals surface area contributed by atoms with Gasteiger partial charge >= 0.3 is 12.1 Å². The molecule has 2 aromatic carbocycles. The molecule has 10 heteroatoms. The molecule has 8 nitrogen and oxygen atoms in total. The van der Waals surface area contributed by atoms with Crippen LogP contribution in [0.5, 0.6) is 0 Å². The summed E-state index contributed by atoms with van der Waals surface area (Å²) in [5.74, 6) is -1.18. The molecule has 0 radical (unpaired) electrons. The van der Waals surface area contributed by atoms with Gasteiger partial charge in [-0.05, 0) is 49.7 Å². The topological polar surface area (TPSA) is 99.5 Å². The number of ether oxygens (including phenoxy) is 1. The smallest absolute Gasteiger partial charge is 0.410 e. The summed E-state index contributed by atoms with van der Waals surface area (Å²) in [4.78, 5) is 38.0. The molecule has 0 spiro atoms. The van der Waals surface area contributed by atoms with E-state index in [4.69, 9.17) is 27.9 Å². The summed E-state index contributed by atoms with van der Waals surface area (Å²) in [5, 5.41) is 15.7. The fourth-order valence-electron chi connectivity index (χ4n) is 5.10. The van der Waals surface area contributed by atoms with E-state index in [1.165, 1.54) is 11.1 Å². The SMILES string of the molecule is O=C=NN(C1CCCN(C(=O)OC2CCCC2)C1)C(Cc1ccc(-c2ccccc2)c(Cl)c1Cl)C(=O)O. The van der Waals surface area contributed by atoms with Crippen LogP contribution in [-0.2, 0) is 20.7 Å². The Balaban J connectivity index is 1.53. The van der Waals surface area contributed by atoms with Crippen molar-refractivity contribution in [1.29, 1.82) is 0 Å². The Morgan fingerprint density at radius 2 is 1.81 bits per heavy atom. The lowest BCUT2D eigenvalue weighted by molar-refractivity contribution is -0.144. The van der Waals surface area contributed by atoms with Crippen molar-refractivity contribution < 1.29 is 24.2 Å². The first-order chi connectivity index (χ1) is 17.9. The predicted molar refractivity (Wildman–Crippen MR) is 140 cm³/mol. The van der Waals surface area contributed by atoms with Gasteiger partial charge in [0.05, 0.1) is 16.1 Å². The van der Waals surface area contributed by atoms with Crippen LogP contribution in [0.1, 0.15) is 44.1 Å². The van der Waals surface area contributed by atoms with Crippen molar-refractivity contribution in [2.24, 2.45) is 5.10 Å². The highest BCUT2D eigenvalue weighted by Crippen LogP contribution is 2.37. The van der Waals surface area contributed by atoms with Crippen LogP contribution in [0.15, 0.2) is 47.6 Å². The number of carbonyl (C=O) groups excluding carboxylic acids is 2. The maximum Gasteiger partial charge on any atom is 0.410 e. The Hall–Kier alpha value is -3.06. The molecule has 1 aliphatic carbocycles. The van der Waals surface area contributed by atoms with Crippen molar-refractivity contribution in [2.75, 3.05) is 13.1 Å². The lowest BCUT2D eigenvalue weighted by Gasteiger charge is -2.39. The molecule has 2 aliphatic rings. The maximum atomic E-state index is 12.7. The molecule has 1 N–H and O–H groups in total. The lowest BCUT2D eigenvalue weighted by atomic mass is 9.98. The molecule has 0 bridgehead atoms. The average Bonchev–Trinajstić information content (AvgIpc) is 3.42. The zero-order chi connectivity index (χ0) is 26.4. The third-order valence-electron chi connectivity index (χ3n) is 7.02. The van der Waals surface area contributed by atoms with Gasteiger partial charge in [0.1, 0.15) is 12.1 Å². The maximum absolute atomic E-state index is 12.7. The first-order valence-electron chi connectivity index (χ1n) is 12.5. The summed E-state index contributed by atoms with van der Waals surface area (Å²) in [6.45, 7) is 0.697. The number of amides is 1. The molecule has 1 saturated heterocycles. The van der Waals surface area contributed by atoms with Gasteiger partial charge < -0.3 is 14.7 Å². The summed E-state index contributed by atoms with van der Waals surface area (Å²) < 4.78 is 5.63. The van der Waals surface area contributed by atoms with Crippen LogP contribution in [0.25, 0.3) is 11.1 Å². The van der Waals surface area contributed by atoms with Gasteiger partial charge in [0.2, 0.25) is 0 Å². The summed E-state index contributed by atoms with van der Waals surface area (Å²) in [7, 11) is 0. The van der Waals surface area contributed by atoms with E-state index >= 15 is 0 Å². The van der Waals surface area contributed by atoms with E-state index in [2.05, 4.69) is 5.10 Å². The van der Waals surface area contributed by atoms with E-state index in [0.717, 1.165) is 36.8 Å². The monoisotopic (exact) mass is 545 g/mol. The number of benzene rings is 2. The summed E-state index contributed by atoms with van der Waals surface area (Å²) in [6.07, 6.45) is 5.95. The molecular weight excluding hydrogens is 517 g/mol. The minimum absolute atomic E-state index is 0.0445. The molecule has 2 unspecified atom stereocenters. The number of isocyanates is 1. The lowest BCUT2D eigenvalue weighted by Crippen LogP contribution is -2.53. The van der Waals surface area contributed by atoms with Crippen LogP contribution in [0, 0.1) is 0 Å². The molecule has 1 aliphatic heterocycles. The number of piperidine rings is 1. The van der Waals surface area contributed by atoms with Crippen molar-refractivity contribution in [3.63, 3.8) is 0 Å². The number of hydrogen-bond acceptors (Lipinski definition) is 6. The number of carboxylic acid groups (broad SMARTS) is 1. The van der Waals surface area contributed by atoms with E-state index in [0.29, 0.717) is 30.0 Å². The van der Waals surface area contributed by atoms with E-state index < -0.39 is 24.1 Å². The second-order valence-electron chi connectivity index (χ2n) is 9.43. The average molecular weight is 546 g/mol. The van der Waals surface area contributed by atoms with Crippen molar-refractivity contribution in [3.8, 4) is 11.1 Å². The van der Waals surface area contributed by atoms with Crippen LogP contribution in [0.4, 0.5) is 4.79 Å². The van der Waals surface area contributed by atoms with Crippen molar-refractivity contribution in [1.82, 2.24) is 9.91 Å². The molecule has 196 valence electrons. The van der Waals surface area contributed by atoms with E-state index in [1.807, 2.05) is 30.3 Å². The largest absolute Gasteiger partial charge is 0.480 e. The number of nitrogens with zero attached hydrogens (tertiary/aromatic N) is 3. The van der Waals surface area contributed by atoms with Gasteiger partial charge in [0.25, 0.3) is 6.08 Å². The van der Waals surface area contributed by atoms with Gasteiger partial charge in [0.15, 0.2) is 0 Å². The zero-order valence-electron chi connectivity index (χ0n) is 20.3. The van der Waals surface area contributed by atoms with Gasteiger partial charge in [-0.3, -0.25) is 5.01 Å². The first kappa shape index (κ1) is 27.0. The Morgan fingerprint density at radius 1 is 1.08 bits per heavy atom. The minimum Gasteiger partial charge on any atom is -0.480 e. The Kier molecular flexibility index (Phi) is 9.09. The third kappa shape index (κ3) is 6.45. The number of hydrazone groups is 1. The normalized spacial score (nSPS) is 18.6. The van der Waals surface area contributed by atoms with Crippen LogP contribution in [0.2, 0.25) is 10.0 Å². The number of hydrogen-bond donors (Lipinski definition) is 1. The minimum atomic E-state index is -1.21. The van der Waals surface area contributed by atoms with Crippen molar-refractivity contribution in [3.05, 3.63) is 58.1 Å². The number of aliphatic carboxylic acids is 1. The molecule has 4 rings (SSSR count). The fourth-order valence-corrected chi connectivity index (χ4v) is 5.64. The van der Waals surface area contributed by atoms with E-state index in [-0.39, 0.29) is 24.1 Å².